The second-order valence-electron chi connectivity index (χ2n) is 2.85. The molecule has 5 nitrogen and oxygen atoms in total. The van der Waals surface area contributed by atoms with E-state index in [1.165, 1.54) is 0 Å². The van der Waals surface area contributed by atoms with Crippen LogP contribution >= 0.6 is 0 Å². The fourth-order valence-electron chi connectivity index (χ4n) is 1.03. The Kier molecular flexibility index (Phi) is 3.02. The summed E-state index contributed by atoms with van der Waals surface area (Å²) >= 11 is 0. The van der Waals surface area contributed by atoms with Crippen molar-refractivity contribution in [3.63, 3.8) is 0 Å². The predicted octanol–water partition coefficient (Wildman–Crippen LogP) is 0.225. The van der Waals surface area contributed by atoms with Crippen molar-refractivity contribution in [2.75, 3.05) is 13.7 Å². The van der Waals surface area contributed by atoms with E-state index in [2.05, 4.69) is 9.97 Å². The number of hydrogen-bond acceptors (Lipinski definition) is 4. The first-order valence-corrected chi connectivity index (χ1v) is 3.92. The molecule has 0 aliphatic rings. The first-order valence-electron chi connectivity index (χ1n) is 3.92. The largest absolute Gasteiger partial charge is 0.493 e. The summed E-state index contributed by atoms with van der Waals surface area (Å²) in [6.07, 6.45) is 0. The van der Waals surface area contributed by atoms with Gasteiger partial charge >= 0.3 is 0 Å². The molecule has 1 heterocycles. The topological polar surface area (TPSA) is 75.2 Å². The summed E-state index contributed by atoms with van der Waals surface area (Å²) < 4.78 is 4.89. The van der Waals surface area contributed by atoms with Crippen molar-refractivity contribution in [2.45, 2.75) is 12.8 Å². The minimum absolute atomic E-state index is 0.0372. The fraction of sp³-hybridized carbons (Fsp3) is 0.500. The van der Waals surface area contributed by atoms with E-state index >= 15 is 0 Å². The third kappa shape index (κ3) is 2.55. The van der Waals surface area contributed by atoms with Gasteiger partial charge in [0, 0.05) is 13.0 Å². The van der Waals surface area contributed by atoms with Gasteiger partial charge in [0.1, 0.15) is 5.82 Å². The van der Waals surface area contributed by atoms with Gasteiger partial charge in [-0.3, -0.25) is 4.79 Å². The van der Waals surface area contributed by atoms with E-state index in [4.69, 9.17) is 9.84 Å². The zero-order chi connectivity index (χ0) is 9.84. The lowest BCUT2D eigenvalue weighted by Gasteiger charge is -2.08. The van der Waals surface area contributed by atoms with Gasteiger partial charge in [-0.15, -0.1) is 0 Å². The molecule has 0 radical (unpaired) electrons. The number of aromatic amines is 1. The molecule has 1 aromatic heterocycles. The van der Waals surface area contributed by atoms with E-state index in [9.17, 15) is 4.79 Å². The molecule has 0 spiro atoms. The summed E-state index contributed by atoms with van der Waals surface area (Å²) in [4.78, 5) is 17.2. The van der Waals surface area contributed by atoms with E-state index in [-0.39, 0.29) is 17.4 Å². The maximum Gasteiger partial charge on any atom is 0.254 e. The lowest BCUT2D eigenvalue weighted by molar-refractivity contribution is 0.181. The van der Waals surface area contributed by atoms with Crippen LogP contribution in [0.25, 0.3) is 0 Å². The molecule has 5 heteroatoms. The van der Waals surface area contributed by atoms with Gasteiger partial charge in [0.15, 0.2) is 0 Å². The molecule has 0 saturated carbocycles. The van der Waals surface area contributed by atoms with Crippen molar-refractivity contribution < 1.29 is 9.84 Å². The average Bonchev–Trinajstić information content (AvgIpc) is 2.03. The number of nitrogens with zero attached hydrogens (tertiary/aromatic N) is 1. The lowest BCUT2D eigenvalue weighted by atomic mass is 10.2. The van der Waals surface area contributed by atoms with Crippen molar-refractivity contribution in [2.24, 2.45) is 0 Å². The highest BCUT2D eigenvalue weighted by Crippen LogP contribution is 2.10. The number of hydrogen-bond donors (Lipinski definition) is 2. The van der Waals surface area contributed by atoms with E-state index in [0.29, 0.717) is 12.4 Å². The average molecular weight is 184 g/mol. The minimum atomic E-state index is -0.356. The molecule has 0 saturated heterocycles. The Morgan fingerprint density at radius 1 is 1.77 bits per heavy atom. The number of rotatable bonds is 3. The van der Waals surface area contributed by atoms with Crippen molar-refractivity contribution in [3.8, 4) is 5.88 Å². The molecule has 1 rings (SSSR count). The summed E-state index contributed by atoms with van der Waals surface area (Å²) in [6, 6.07) is 1.03. The summed E-state index contributed by atoms with van der Waals surface area (Å²) in [5.74, 6) is 0.137. The highest BCUT2D eigenvalue weighted by molar-refractivity contribution is 5.08. The molecule has 13 heavy (non-hydrogen) atoms. The summed E-state index contributed by atoms with van der Waals surface area (Å²) in [6.45, 7) is 2.30. The maximum atomic E-state index is 10.9. The van der Waals surface area contributed by atoms with Crippen LogP contribution in [-0.4, -0.2) is 28.8 Å². The van der Waals surface area contributed by atoms with Crippen LogP contribution in [0, 0.1) is 0 Å². The van der Waals surface area contributed by atoms with E-state index < -0.39 is 0 Å². The van der Waals surface area contributed by atoms with Gasteiger partial charge in [-0.1, -0.05) is 6.92 Å². The third-order valence-electron chi connectivity index (χ3n) is 1.63. The Morgan fingerprint density at radius 3 is 3.00 bits per heavy atom. The fourth-order valence-corrected chi connectivity index (χ4v) is 1.03. The predicted molar refractivity (Wildman–Crippen MR) is 46.8 cm³/mol. The van der Waals surface area contributed by atoms with Crippen LogP contribution < -0.4 is 5.56 Å². The first-order chi connectivity index (χ1) is 6.13. The SMILES string of the molecule is COCC(C)c1nc(O)cc(=O)[nH]1. The van der Waals surface area contributed by atoms with Crippen LogP contribution in [-0.2, 0) is 4.74 Å². The Bertz CT molecular complexity index is 334. The molecule has 2 N–H and O–H groups in total. The van der Waals surface area contributed by atoms with Gasteiger partial charge in [-0.2, -0.15) is 4.98 Å². The third-order valence-corrected chi connectivity index (χ3v) is 1.63. The molecule has 1 unspecified atom stereocenters. The number of ether oxygens (including phenoxy) is 1. The molecular formula is C8H12N2O3. The van der Waals surface area contributed by atoms with Crippen LogP contribution in [0.4, 0.5) is 0 Å². The number of aromatic nitrogens is 2. The second-order valence-corrected chi connectivity index (χ2v) is 2.85. The first kappa shape index (κ1) is 9.73. The molecule has 0 aliphatic carbocycles. The molecule has 1 atom stereocenters. The molecule has 1 aromatic rings. The number of H-pyrrole nitrogens is 1. The van der Waals surface area contributed by atoms with Crippen molar-refractivity contribution in [1.29, 1.82) is 0 Å². The molecule has 0 fully saturated rings. The van der Waals surface area contributed by atoms with Crippen molar-refractivity contribution in [3.05, 3.63) is 22.2 Å². The van der Waals surface area contributed by atoms with Crippen LogP contribution in [0.2, 0.25) is 0 Å². The number of aromatic hydroxyl groups is 1. The standard InChI is InChI=1S/C8H12N2O3/c1-5(4-13-2)8-9-6(11)3-7(12)10-8/h3,5H,4H2,1-2H3,(H2,9,10,11,12). The maximum absolute atomic E-state index is 10.9. The number of nitrogens with one attached hydrogen (secondary N) is 1. The van der Waals surface area contributed by atoms with Crippen molar-refractivity contribution in [1.82, 2.24) is 9.97 Å². The lowest BCUT2D eigenvalue weighted by Crippen LogP contribution is -2.14. The van der Waals surface area contributed by atoms with E-state index in [1.807, 2.05) is 6.92 Å². The Balaban J connectivity index is 2.94. The van der Waals surface area contributed by atoms with Gasteiger partial charge in [0.05, 0.1) is 12.7 Å². The summed E-state index contributed by atoms with van der Waals surface area (Å²) in [7, 11) is 1.57. The molecule has 0 amide bonds. The quantitative estimate of drug-likeness (QED) is 0.704. The molecule has 0 aliphatic heterocycles. The van der Waals surface area contributed by atoms with E-state index in [1.54, 1.807) is 7.11 Å². The zero-order valence-electron chi connectivity index (χ0n) is 7.57. The van der Waals surface area contributed by atoms with Crippen LogP contribution in [0.1, 0.15) is 18.7 Å². The molecule has 0 aromatic carbocycles. The van der Waals surface area contributed by atoms with Gasteiger partial charge in [0.25, 0.3) is 5.56 Å². The van der Waals surface area contributed by atoms with Crippen molar-refractivity contribution >= 4 is 0 Å². The minimum Gasteiger partial charge on any atom is -0.493 e. The highest BCUT2D eigenvalue weighted by atomic mass is 16.5. The monoisotopic (exact) mass is 184 g/mol. The van der Waals surface area contributed by atoms with Gasteiger partial charge in [-0.25, -0.2) is 0 Å². The van der Waals surface area contributed by atoms with Gasteiger partial charge < -0.3 is 14.8 Å². The molecule has 72 valence electrons. The van der Waals surface area contributed by atoms with Crippen LogP contribution in [0.3, 0.4) is 0 Å². The van der Waals surface area contributed by atoms with Crippen LogP contribution in [0.5, 0.6) is 5.88 Å². The Labute approximate surface area is 75.4 Å². The Hall–Kier alpha value is -1.36. The molecule has 0 bridgehead atoms. The normalized spacial score (nSPS) is 12.8. The highest BCUT2D eigenvalue weighted by Gasteiger charge is 2.08. The summed E-state index contributed by atoms with van der Waals surface area (Å²) in [5, 5.41) is 9.04. The second kappa shape index (κ2) is 4.04. The van der Waals surface area contributed by atoms with Gasteiger partial charge in [-0.05, 0) is 0 Å². The molecular weight excluding hydrogens is 172 g/mol. The van der Waals surface area contributed by atoms with Crippen LogP contribution in [0.15, 0.2) is 10.9 Å². The zero-order valence-corrected chi connectivity index (χ0v) is 7.57. The summed E-state index contributed by atoms with van der Waals surface area (Å²) in [5.41, 5.74) is -0.356. The smallest absolute Gasteiger partial charge is 0.254 e. The number of methoxy groups -OCH3 is 1. The Morgan fingerprint density at radius 2 is 2.46 bits per heavy atom. The van der Waals surface area contributed by atoms with E-state index in [0.717, 1.165) is 6.07 Å². The van der Waals surface area contributed by atoms with Gasteiger partial charge in [0.2, 0.25) is 5.88 Å².